The van der Waals surface area contributed by atoms with E-state index in [0.29, 0.717) is 6.61 Å². The first kappa shape index (κ1) is 12.2. The molecule has 0 spiro atoms. The predicted molar refractivity (Wildman–Crippen MR) is 69.8 cm³/mol. The van der Waals surface area contributed by atoms with E-state index in [4.69, 9.17) is 9.26 Å². The molecule has 2 aromatic rings. The molecule has 19 heavy (non-hydrogen) atoms. The molecule has 0 amide bonds. The zero-order valence-electron chi connectivity index (χ0n) is 11.3. The highest BCUT2D eigenvalue weighted by molar-refractivity contribution is 5.43. The fourth-order valence-corrected chi connectivity index (χ4v) is 2.34. The van der Waals surface area contributed by atoms with Crippen LogP contribution in [0.2, 0.25) is 0 Å². The van der Waals surface area contributed by atoms with Gasteiger partial charge in [0.25, 0.3) is 0 Å². The zero-order valence-corrected chi connectivity index (χ0v) is 11.3. The summed E-state index contributed by atoms with van der Waals surface area (Å²) >= 11 is 0. The maximum absolute atomic E-state index is 5.48. The summed E-state index contributed by atoms with van der Waals surface area (Å²) in [5.41, 5.74) is 3.19. The summed E-state index contributed by atoms with van der Waals surface area (Å²) in [6.07, 6.45) is 4.69. The van der Waals surface area contributed by atoms with Crippen LogP contribution in [-0.2, 0) is 31.4 Å². The van der Waals surface area contributed by atoms with Crippen LogP contribution < -0.4 is 4.90 Å². The van der Waals surface area contributed by atoms with Crippen molar-refractivity contribution >= 4 is 5.69 Å². The van der Waals surface area contributed by atoms with Crippen molar-refractivity contribution in [2.24, 2.45) is 7.05 Å². The number of ether oxygens (including phenoxy) is 1. The number of hydrogen-bond acceptors (Lipinski definition) is 5. The fourth-order valence-electron chi connectivity index (χ4n) is 2.34. The number of hydrogen-bond donors (Lipinski definition) is 0. The fraction of sp³-hybridized carbons (Fsp3) is 0.538. The van der Waals surface area contributed by atoms with Gasteiger partial charge in [-0.15, -0.1) is 0 Å². The lowest BCUT2D eigenvalue weighted by atomic mass is 10.1. The average Bonchev–Trinajstić information content (AvgIpc) is 3.03. The number of rotatable bonds is 4. The molecule has 0 unspecified atom stereocenters. The van der Waals surface area contributed by atoms with Gasteiger partial charge in [-0.25, -0.2) is 0 Å². The molecule has 0 aliphatic carbocycles. The predicted octanol–water partition coefficient (Wildman–Crippen LogP) is 1.51. The number of fused-ring (bicyclic) bond motifs is 1. The van der Waals surface area contributed by atoms with Gasteiger partial charge in [0.05, 0.1) is 31.6 Å². The van der Waals surface area contributed by atoms with E-state index in [1.54, 1.807) is 4.68 Å². The van der Waals surface area contributed by atoms with Crippen LogP contribution in [0, 0.1) is 0 Å². The largest absolute Gasteiger partial charge is 0.376 e. The molecule has 3 rings (SSSR count). The van der Waals surface area contributed by atoms with Gasteiger partial charge in [-0.3, -0.25) is 4.68 Å². The molecule has 2 aromatic heterocycles. The van der Waals surface area contributed by atoms with E-state index < -0.39 is 0 Å². The molecule has 6 nitrogen and oxygen atoms in total. The summed E-state index contributed by atoms with van der Waals surface area (Å²) < 4.78 is 12.7. The molecule has 0 aromatic carbocycles. The monoisotopic (exact) mass is 262 g/mol. The smallest absolute Gasteiger partial charge is 0.144 e. The maximum Gasteiger partial charge on any atom is 0.144 e. The van der Waals surface area contributed by atoms with E-state index >= 15 is 0 Å². The highest BCUT2D eigenvalue weighted by Gasteiger charge is 2.21. The Labute approximate surface area is 111 Å². The van der Waals surface area contributed by atoms with Crippen molar-refractivity contribution in [3.05, 3.63) is 29.4 Å². The van der Waals surface area contributed by atoms with Crippen molar-refractivity contribution in [3.8, 4) is 0 Å². The molecule has 0 radical (unpaired) electrons. The summed E-state index contributed by atoms with van der Waals surface area (Å²) in [7, 11) is 1.92. The molecule has 0 bridgehead atoms. The van der Waals surface area contributed by atoms with Gasteiger partial charge in [0.15, 0.2) is 0 Å². The molecular weight excluding hydrogens is 244 g/mol. The standard InChI is InChI=1S/C13H18N4O2/c1-3-17(10-6-14-16(2)7-10)8-12-11-9-18-5-4-13(11)19-15-12/h6-7H,3-5,8-9H2,1-2H3. The molecular formula is C13H18N4O2. The normalized spacial score (nSPS) is 14.4. The minimum atomic E-state index is 0.610. The summed E-state index contributed by atoms with van der Waals surface area (Å²) in [5, 5.41) is 8.40. The molecule has 0 fully saturated rings. The van der Waals surface area contributed by atoms with Crippen LogP contribution in [0.15, 0.2) is 16.9 Å². The van der Waals surface area contributed by atoms with E-state index in [2.05, 4.69) is 22.1 Å². The molecule has 0 saturated heterocycles. The SMILES string of the molecule is CCN(Cc1noc2c1COCC2)c1cnn(C)c1. The third-order valence-electron chi connectivity index (χ3n) is 3.45. The van der Waals surface area contributed by atoms with Crippen LogP contribution in [0.5, 0.6) is 0 Å². The van der Waals surface area contributed by atoms with Gasteiger partial charge in [-0.05, 0) is 6.92 Å². The number of anilines is 1. The van der Waals surface area contributed by atoms with Gasteiger partial charge < -0.3 is 14.2 Å². The van der Waals surface area contributed by atoms with Crippen LogP contribution in [0.3, 0.4) is 0 Å². The first-order valence-corrected chi connectivity index (χ1v) is 6.55. The second-order valence-corrected chi connectivity index (χ2v) is 4.72. The second kappa shape index (κ2) is 5.05. The van der Waals surface area contributed by atoms with Gasteiger partial charge in [0, 0.05) is 31.8 Å². The van der Waals surface area contributed by atoms with Crippen molar-refractivity contribution in [3.63, 3.8) is 0 Å². The van der Waals surface area contributed by atoms with E-state index in [-0.39, 0.29) is 0 Å². The van der Waals surface area contributed by atoms with Gasteiger partial charge in [0.1, 0.15) is 11.5 Å². The lowest BCUT2D eigenvalue weighted by Crippen LogP contribution is -2.23. The third-order valence-corrected chi connectivity index (χ3v) is 3.45. The Bertz CT molecular complexity index is 561. The van der Waals surface area contributed by atoms with Crippen LogP contribution in [-0.4, -0.2) is 28.1 Å². The van der Waals surface area contributed by atoms with E-state index in [9.17, 15) is 0 Å². The Morgan fingerprint density at radius 3 is 3.11 bits per heavy atom. The molecule has 102 valence electrons. The lowest BCUT2D eigenvalue weighted by molar-refractivity contribution is 0.102. The molecule has 1 aliphatic heterocycles. The Balaban J connectivity index is 1.81. The molecule has 1 aliphatic rings. The van der Waals surface area contributed by atoms with E-state index in [1.165, 1.54) is 0 Å². The first-order valence-electron chi connectivity index (χ1n) is 6.55. The van der Waals surface area contributed by atoms with Crippen molar-refractivity contribution in [2.45, 2.75) is 26.5 Å². The molecule has 0 N–H and O–H groups in total. The van der Waals surface area contributed by atoms with Crippen LogP contribution in [0.1, 0.15) is 23.9 Å². The third kappa shape index (κ3) is 2.35. The van der Waals surface area contributed by atoms with Crippen molar-refractivity contribution < 1.29 is 9.26 Å². The Morgan fingerprint density at radius 1 is 1.47 bits per heavy atom. The Kier molecular flexibility index (Phi) is 3.25. The summed E-state index contributed by atoms with van der Waals surface area (Å²) in [4.78, 5) is 2.22. The van der Waals surface area contributed by atoms with Crippen LogP contribution >= 0.6 is 0 Å². The Hall–Kier alpha value is -1.82. The molecule has 3 heterocycles. The van der Waals surface area contributed by atoms with Crippen molar-refractivity contribution in [1.82, 2.24) is 14.9 Å². The second-order valence-electron chi connectivity index (χ2n) is 4.72. The van der Waals surface area contributed by atoms with Gasteiger partial charge >= 0.3 is 0 Å². The molecule has 6 heteroatoms. The Morgan fingerprint density at radius 2 is 2.37 bits per heavy atom. The molecule has 0 saturated carbocycles. The van der Waals surface area contributed by atoms with E-state index in [1.807, 2.05) is 19.4 Å². The summed E-state index contributed by atoms with van der Waals surface area (Å²) in [6.45, 7) is 5.08. The van der Waals surface area contributed by atoms with Crippen LogP contribution in [0.25, 0.3) is 0 Å². The van der Waals surface area contributed by atoms with Gasteiger partial charge in [-0.1, -0.05) is 5.16 Å². The van der Waals surface area contributed by atoms with Crippen molar-refractivity contribution in [1.29, 1.82) is 0 Å². The van der Waals surface area contributed by atoms with Crippen LogP contribution in [0.4, 0.5) is 5.69 Å². The first-order chi connectivity index (χ1) is 9.28. The minimum absolute atomic E-state index is 0.610. The van der Waals surface area contributed by atoms with Crippen molar-refractivity contribution in [2.75, 3.05) is 18.1 Å². The quantitative estimate of drug-likeness (QED) is 0.836. The molecule has 0 atom stereocenters. The maximum atomic E-state index is 5.48. The minimum Gasteiger partial charge on any atom is -0.376 e. The van der Waals surface area contributed by atoms with Gasteiger partial charge in [0.2, 0.25) is 0 Å². The number of nitrogens with zero attached hydrogens (tertiary/aromatic N) is 4. The topological polar surface area (TPSA) is 56.3 Å². The highest BCUT2D eigenvalue weighted by atomic mass is 16.5. The summed E-state index contributed by atoms with van der Waals surface area (Å²) in [5.74, 6) is 0.975. The lowest BCUT2D eigenvalue weighted by Gasteiger charge is -2.20. The number of aryl methyl sites for hydroxylation is 1. The number of aromatic nitrogens is 3. The zero-order chi connectivity index (χ0) is 13.2. The highest BCUT2D eigenvalue weighted by Crippen LogP contribution is 2.23. The van der Waals surface area contributed by atoms with Gasteiger partial charge in [-0.2, -0.15) is 5.10 Å². The van der Waals surface area contributed by atoms with E-state index in [0.717, 1.165) is 48.8 Å². The summed E-state index contributed by atoms with van der Waals surface area (Å²) in [6, 6.07) is 0. The average molecular weight is 262 g/mol.